The third-order valence-electron chi connectivity index (χ3n) is 5.17. The first kappa shape index (κ1) is 22.6. The topological polar surface area (TPSA) is 54.9 Å². The minimum atomic E-state index is 0.102. The number of thiazole rings is 1. The van der Waals surface area contributed by atoms with Crippen molar-refractivity contribution < 1.29 is 14.3 Å². The molecule has 0 saturated carbocycles. The third-order valence-corrected chi connectivity index (χ3v) is 6.48. The molecule has 6 nitrogen and oxygen atoms in total. The van der Waals surface area contributed by atoms with E-state index in [1.807, 2.05) is 29.2 Å². The molecular formula is C23H33N3O3S. The number of rotatable bonds is 8. The van der Waals surface area contributed by atoms with Gasteiger partial charge >= 0.3 is 0 Å². The summed E-state index contributed by atoms with van der Waals surface area (Å²) in [5.41, 5.74) is 1.24. The average molecular weight is 432 g/mol. The fourth-order valence-electron chi connectivity index (χ4n) is 3.35. The Labute approximate surface area is 183 Å². The molecule has 0 spiro atoms. The zero-order chi connectivity index (χ0) is 21.6. The van der Waals surface area contributed by atoms with Crippen LogP contribution < -0.4 is 9.47 Å². The number of carbonyl (C=O) groups excluding carboxylic acids is 1. The molecule has 1 aromatic carbocycles. The predicted octanol–water partition coefficient (Wildman–Crippen LogP) is 3.95. The molecule has 3 rings (SSSR count). The molecule has 164 valence electrons. The summed E-state index contributed by atoms with van der Waals surface area (Å²) in [5, 5.41) is 3.35. The second-order valence-electron chi connectivity index (χ2n) is 8.68. The Morgan fingerprint density at radius 2 is 1.77 bits per heavy atom. The summed E-state index contributed by atoms with van der Waals surface area (Å²) < 4.78 is 10.8. The van der Waals surface area contributed by atoms with Crippen molar-refractivity contribution in [2.45, 2.75) is 45.6 Å². The van der Waals surface area contributed by atoms with Gasteiger partial charge in [-0.1, -0.05) is 20.8 Å². The van der Waals surface area contributed by atoms with Crippen LogP contribution in [-0.2, 0) is 16.8 Å². The van der Waals surface area contributed by atoms with Gasteiger partial charge in [0.25, 0.3) is 0 Å². The standard InChI is InChI=1S/C23H33N3O3S/c1-23(2,3)22-24-18(17-30-22)16-25-11-13-26(14-12-25)21(27)6-5-15-29-20-9-7-19(28-4)8-10-20/h7-10,17H,5-6,11-16H2,1-4H3. The van der Waals surface area contributed by atoms with Gasteiger partial charge in [0, 0.05) is 49.9 Å². The van der Waals surface area contributed by atoms with Crippen molar-refractivity contribution in [2.75, 3.05) is 39.9 Å². The molecule has 2 aromatic rings. The number of hydrogen-bond donors (Lipinski definition) is 0. The maximum absolute atomic E-state index is 12.5. The molecule has 0 atom stereocenters. The fourth-order valence-corrected chi connectivity index (χ4v) is 4.25. The van der Waals surface area contributed by atoms with E-state index in [2.05, 4.69) is 31.1 Å². The molecule has 1 aromatic heterocycles. The Bertz CT molecular complexity index is 806. The first-order chi connectivity index (χ1) is 14.3. The molecule has 1 aliphatic rings. The minimum absolute atomic E-state index is 0.102. The molecule has 30 heavy (non-hydrogen) atoms. The lowest BCUT2D eigenvalue weighted by molar-refractivity contribution is -0.133. The SMILES string of the molecule is COc1ccc(OCCCC(=O)N2CCN(Cc3csc(C(C)(C)C)n3)CC2)cc1. The summed E-state index contributed by atoms with van der Waals surface area (Å²) in [4.78, 5) is 21.7. The van der Waals surface area contributed by atoms with Gasteiger partial charge < -0.3 is 14.4 Å². The van der Waals surface area contributed by atoms with E-state index in [0.29, 0.717) is 13.0 Å². The molecule has 0 aliphatic carbocycles. The normalized spacial score (nSPS) is 15.3. The van der Waals surface area contributed by atoms with Gasteiger partial charge in [0.05, 0.1) is 24.4 Å². The van der Waals surface area contributed by atoms with Crippen molar-refractivity contribution in [3.8, 4) is 11.5 Å². The van der Waals surface area contributed by atoms with Gasteiger partial charge in [-0.2, -0.15) is 0 Å². The van der Waals surface area contributed by atoms with E-state index in [1.165, 1.54) is 5.01 Å². The number of benzene rings is 1. The molecule has 1 aliphatic heterocycles. The second kappa shape index (κ2) is 10.3. The van der Waals surface area contributed by atoms with Crippen molar-refractivity contribution in [1.29, 1.82) is 0 Å². The summed E-state index contributed by atoms with van der Waals surface area (Å²) in [6.45, 7) is 11.4. The molecule has 0 unspecified atom stereocenters. The Morgan fingerprint density at radius 1 is 1.10 bits per heavy atom. The van der Waals surface area contributed by atoms with Crippen LogP contribution in [0.3, 0.4) is 0 Å². The molecule has 0 radical (unpaired) electrons. The molecule has 0 N–H and O–H groups in total. The lowest BCUT2D eigenvalue weighted by Crippen LogP contribution is -2.48. The quantitative estimate of drug-likeness (QED) is 0.593. The maximum atomic E-state index is 12.5. The van der Waals surface area contributed by atoms with Crippen LogP contribution in [0.5, 0.6) is 11.5 Å². The van der Waals surface area contributed by atoms with Gasteiger partial charge in [0.15, 0.2) is 0 Å². The van der Waals surface area contributed by atoms with Crippen LogP contribution in [0.25, 0.3) is 0 Å². The van der Waals surface area contributed by atoms with Gasteiger partial charge in [-0.15, -0.1) is 11.3 Å². The Morgan fingerprint density at radius 3 is 2.37 bits per heavy atom. The van der Waals surface area contributed by atoms with Crippen LogP contribution in [0.4, 0.5) is 0 Å². The third kappa shape index (κ3) is 6.44. The summed E-state index contributed by atoms with van der Waals surface area (Å²) in [7, 11) is 1.64. The van der Waals surface area contributed by atoms with Crippen LogP contribution in [0.2, 0.25) is 0 Å². The van der Waals surface area contributed by atoms with Gasteiger partial charge in [0.2, 0.25) is 5.91 Å². The van der Waals surface area contributed by atoms with Crippen LogP contribution in [0.1, 0.15) is 44.3 Å². The van der Waals surface area contributed by atoms with E-state index in [1.54, 1.807) is 18.4 Å². The van der Waals surface area contributed by atoms with Crippen molar-refractivity contribution in [2.24, 2.45) is 0 Å². The van der Waals surface area contributed by atoms with Gasteiger partial charge in [-0.3, -0.25) is 9.69 Å². The van der Waals surface area contributed by atoms with Crippen molar-refractivity contribution in [3.05, 3.63) is 40.3 Å². The van der Waals surface area contributed by atoms with Crippen molar-refractivity contribution in [1.82, 2.24) is 14.8 Å². The van der Waals surface area contributed by atoms with Crippen molar-refractivity contribution >= 4 is 17.2 Å². The number of aromatic nitrogens is 1. The van der Waals surface area contributed by atoms with Crippen LogP contribution >= 0.6 is 11.3 Å². The highest BCUT2D eigenvalue weighted by atomic mass is 32.1. The molecule has 7 heteroatoms. The Hall–Kier alpha value is -2.12. The highest BCUT2D eigenvalue weighted by Crippen LogP contribution is 2.26. The molecule has 0 bridgehead atoms. The largest absolute Gasteiger partial charge is 0.497 e. The van der Waals surface area contributed by atoms with Crippen LogP contribution in [0, 0.1) is 0 Å². The lowest BCUT2D eigenvalue weighted by Gasteiger charge is -2.34. The van der Waals surface area contributed by atoms with Crippen LogP contribution in [-0.4, -0.2) is 60.6 Å². The second-order valence-corrected chi connectivity index (χ2v) is 9.54. The average Bonchev–Trinajstić information content (AvgIpc) is 3.21. The number of hydrogen-bond acceptors (Lipinski definition) is 6. The van der Waals surface area contributed by atoms with E-state index in [4.69, 9.17) is 14.5 Å². The smallest absolute Gasteiger partial charge is 0.222 e. The summed E-state index contributed by atoms with van der Waals surface area (Å²) in [6, 6.07) is 7.50. The van der Waals surface area contributed by atoms with E-state index in [9.17, 15) is 4.79 Å². The summed E-state index contributed by atoms with van der Waals surface area (Å²) in [6.07, 6.45) is 1.25. The number of ether oxygens (including phenoxy) is 2. The summed E-state index contributed by atoms with van der Waals surface area (Å²) in [5.74, 6) is 1.83. The molecule has 1 fully saturated rings. The van der Waals surface area contributed by atoms with E-state index in [-0.39, 0.29) is 11.3 Å². The minimum Gasteiger partial charge on any atom is -0.497 e. The highest BCUT2D eigenvalue weighted by molar-refractivity contribution is 7.09. The highest BCUT2D eigenvalue weighted by Gasteiger charge is 2.23. The van der Waals surface area contributed by atoms with Gasteiger partial charge in [-0.25, -0.2) is 4.98 Å². The van der Waals surface area contributed by atoms with Gasteiger partial charge in [0.1, 0.15) is 11.5 Å². The Balaban J connectivity index is 1.34. The van der Waals surface area contributed by atoms with Crippen molar-refractivity contribution in [3.63, 3.8) is 0 Å². The van der Waals surface area contributed by atoms with E-state index in [0.717, 1.165) is 56.3 Å². The number of carbonyl (C=O) groups is 1. The first-order valence-corrected chi connectivity index (χ1v) is 11.4. The molecular weight excluding hydrogens is 398 g/mol. The Kier molecular flexibility index (Phi) is 7.72. The fraction of sp³-hybridized carbons (Fsp3) is 0.565. The zero-order valence-corrected chi connectivity index (χ0v) is 19.3. The monoisotopic (exact) mass is 431 g/mol. The molecule has 1 saturated heterocycles. The number of amides is 1. The summed E-state index contributed by atoms with van der Waals surface area (Å²) >= 11 is 1.74. The molecule has 1 amide bonds. The number of nitrogens with zero attached hydrogens (tertiary/aromatic N) is 3. The van der Waals surface area contributed by atoms with Gasteiger partial charge in [-0.05, 0) is 30.7 Å². The van der Waals surface area contributed by atoms with E-state index >= 15 is 0 Å². The lowest BCUT2D eigenvalue weighted by atomic mass is 9.98. The zero-order valence-electron chi connectivity index (χ0n) is 18.5. The predicted molar refractivity (Wildman–Crippen MR) is 120 cm³/mol. The maximum Gasteiger partial charge on any atom is 0.222 e. The number of piperazine rings is 1. The number of methoxy groups -OCH3 is 1. The molecule has 2 heterocycles. The van der Waals surface area contributed by atoms with E-state index < -0.39 is 0 Å². The van der Waals surface area contributed by atoms with Crippen LogP contribution in [0.15, 0.2) is 29.6 Å². The first-order valence-electron chi connectivity index (χ1n) is 10.6.